The van der Waals surface area contributed by atoms with Crippen molar-refractivity contribution in [3.05, 3.63) is 23.2 Å². The van der Waals surface area contributed by atoms with Crippen molar-refractivity contribution < 1.29 is 4.79 Å². The Morgan fingerprint density at radius 3 is 2.70 bits per heavy atom. The van der Waals surface area contributed by atoms with Gasteiger partial charge in [0, 0.05) is 32.1 Å². The highest BCUT2D eigenvalue weighted by Crippen LogP contribution is 2.35. The van der Waals surface area contributed by atoms with Crippen LogP contribution in [0.15, 0.2) is 18.2 Å². The molecule has 0 bridgehead atoms. The molecule has 1 aliphatic heterocycles. The van der Waals surface area contributed by atoms with E-state index in [0.29, 0.717) is 17.9 Å². The first-order chi connectivity index (χ1) is 11.1. The zero-order valence-corrected chi connectivity index (χ0v) is 14.7. The van der Waals surface area contributed by atoms with E-state index in [1.54, 1.807) is 11.3 Å². The second-order valence-corrected chi connectivity index (χ2v) is 7.94. The molecule has 0 atom stereocenters. The maximum absolute atomic E-state index is 12.2. The van der Waals surface area contributed by atoms with Gasteiger partial charge in [-0.15, -0.1) is 0 Å². The van der Waals surface area contributed by atoms with Crippen LogP contribution in [0, 0.1) is 5.92 Å². The number of piperidine rings is 1. The molecule has 1 aliphatic carbocycles. The number of rotatable bonds is 3. The largest absolute Gasteiger partial charge is 0.348 e. The first-order valence-corrected chi connectivity index (χ1v) is 9.39. The van der Waals surface area contributed by atoms with Gasteiger partial charge in [0.25, 0.3) is 0 Å². The Hall–Kier alpha value is -1.33. The average Bonchev–Trinajstić information content (AvgIpc) is 3.33. The van der Waals surface area contributed by atoms with Crippen LogP contribution in [0.4, 0.5) is 5.13 Å². The minimum Gasteiger partial charge on any atom is -0.348 e. The number of thiazole rings is 1. The number of carbonyl (C=O) groups excluding carboxylic acids is 1. The summed E-state index contributed by atoms with van der Waals surface area (Å²) in [5.41, 5.74) is 0.900. The van der Waals surface area contributed by atoms with Gasteiger partial charge in [0.2, 0.25) is 5.91 Å². The number of anilines is 1. The molecular formula is C17H20ClN3OS. The van der Waals surface area contributed by atoms with E-state index in [1.807, 2.05) is 24.1 Å². The fourth-order valence-corrected chi connectivity index (χ4v) is 4.60. The predicted octanol–water partition coefficient (Wildman–Crippen LogP) is 3.79. The van der Waals surface area contributed by atoms with Crippen molar-refractivity contribution >= 4 is 44.2 Å². The van der Waals surface area contributed by atoms with Crippen molar-refractivity contribution in [1.29, 1.82) is 0 Å². The molecule has 23 heavy (non-hydrogen) atoms. The van der Waals surface area contributed by atoms with Crippen LogP contribution in [-0.4, -0.2) is 42.0 Å². The maximum Gasteiger partial charge on any atom is 0.225 e. The van der Waals surface area contributed by atoms with Gasteiger partial charge in [-0.2, -0.15) is 0 Å². The quantitative estimate of drug-likeness (QED) is 0.846. The second-order valence-electron chi connectivity index (χ2n) is 6.52. The van der Waals surface area contributed by atoms with Crippen LogP contribution >= 0.6 is 22.9 Å². The molecule has 1 amide bonds. The van der Waals surface area contributed by atoms with Gasteiger partial charge in [-0.25, -0.2) is 4.98 Å². The van der Waals surface area contributed by atoms with Crippen molar-refractivity contribution in [1.82, 2.24) is 9.88 Å². The van der Waals surface area contributed by atoms with Crippen LogP contribution in [0.5, 0.6) is 0 Å². The summed E-state index contributed by atoms with van der Waals surface area (Å²) in [5.74, 6) is 0.652. The van der Waals surface area contributed by atoms with Gasteiger partial charge in [-0.1, -0.05) is 29.0 Å². The Labute approximate surface area is 145 Å². The van der Waals surface area contributed by atoms with Crippen molar-refractivity contribution in [2.45, 2.75) is 31.7 Å². The lowest BCUT2D eigenvalue weighted by Crippen LogP contribution is -2.46. The standard InChI is InChI=1S/C17H20ClN3OS/c1-20(16(22)11-5-6-11)12-7-9-21(10-8-12)17-19-15-13(18)3-2-4-14(15)23-17/h2-4,11-12H,5-10H2,1H3. The molecule has 2 aliphatic rings. The SMILES string of the molecule is CN(C(=O)C1CC1)C1CCN(c2nc3c(Cl)cccc3s2)CC1. The summed E-state index contributed by atoms with van der Waals surface area (Å²) in [5, 5.41) is 1.76. The summed E-state index contributed by atoms with van der Waals surface area (Å²) in [6, 6.07) is 6.30. The molecule has 0 unspecified atom stereocenters. The molecule has 4 rings (SSSR count). The lowest BCUT2D eigenvalue weighted by molar-refractivity contribution is -0.133. The van der Waals surface area contributed by atoms with Crippen molar-refractivity contribution in [3.63, 3.8) is 0 Å². The molecule has 0 radical (unpaired) electrons. The molecule has 1 aromatic carbocycles. The summed E-state index contributed by atoms with van der Waals surface area (Å²) in [7, 11) is 1.97. The summed E-state index contributed by atoms with van der Waals surface area (Å²) >= 11 is 7.92. The number of hydrogen-bond acceptors (Lipinski definition) is 4. The van der Waals surface area contributed by atoms with Gasteiger partial charge >= 0.3 is 0 Å². The van der Waals surface area contributed by atoms with Crippen LogP contribution in [0.3, 0.4) is 0 Å². The van der Waals surface area contributed by atoms with Crippen LogP contribution in [-0.2, 0) is 4.79 Å². The van der Waals surface area contributed by atoms with E-state index < -0.39 is 0 Å². The number of halogens is 1. The molecule has 6 heteroatoms. The molecular weight excluding hydrogens is 330 g/mol. The molecule has 2 heterocycles. The number of fused-ring (bicyclic) bond motifs is 1. The molecule has 1 saturated heterocycles. The first-order valence-electron chi connectivity index (χ1n) is 8.20. The van der Waals surface area contributed by atoms with Crippen LogP contribution in [0.2, 0.25) is 5.02 Å². The maximum atomic E-state index is 12.2. The molecule has 1 saturated carbocycles. The molecule has 0 spiro atoms. The van der Waals surface area contributed by atoms with Gasteiger partial charge in [0.15, 0.2) is 5.13 Å². The molecule has 1 aromatic heterocycles. The Kier molecular flexibility index (Phi) is 3.93. The molecule has 0 N–H and O–H groups in total. The molecule has 2 aromatic rings. The Morgan fingerprint density at radius 1 is 1.30 bits per heavy atom. The van der Waals surface area contributed by atoms with E-state index in [0.717, 1.165) is 59.1 Å². The normalized spacial score (nSPS) is 19.3. The van der Waals surface area contributed by atoms with Gasteiger partial charge in [-0.05, 0) is 37.8 Å². The average molecular weight is 350 g/mol. The van der Waals surface area contributed by atoms with Crippen molar-refractivity contribution in [2.24, 2.45) is 5.92 Å². The first kappa shape index (κ1) is 15.2. The molecule has 2 fully saturated rings. The van der Waals surface area contributed by atoms with Gasteiger partial charge < -0.3 is 9.80 Å². The number of hydrogen-bond donors (Lipinski definition) is 0. The van der Waals surface area contributed by atoms with E-state index in [-0.39, 0.29) is 0 Å². The summed E-state index contributed by atoms with van der Waals surface area (Å²) < 4.78 is 1.13. The van der Waals surface area contributed by atoms with Crippen LogP contribution < -0.4 is 4.90 Å². The van der Waals surface area contributed by atoms with Crippen LogP contribution in [0.25, 0.3) is 10.2 Å². The summed E-state index contributed by atoms with van der Waals surface area (Å²) in [4.78, 5) is 21.2. The number of aromatic nitrogens is 1. The van der Waals surface area contributed by atoms with Gasteiger partial charge in [0.1, 0.15) is 5.52 Å². The number of para-hydroxylation sites is 1. The van der Waals surface area contributed by atoms with Crippen molar-refractivity contribution in [3.8, 4) is 0 Å². The summed E-state index contributed by atoms with van der Waals surface area (Å²) in [6.07, 6.45) is 4.18. The Morgan fingerprint density at radius 2 is 2.04 bits per heavy atom. The topological polar surface area (TPSA) is 36.4 Å². The fraction of sp³-hybridized carbons (Fsp3) is 0.529. The van der Waals surface area contributed by atoms with E-state index >= 15 is 0 Å². The van der Waals surface area contributed by atoms with E-state index in [9.17, 15) is 4.79 Å². The monoisotopic (exact) mass is 349 g/mol. The Balaban J connectivity index is 1.44. The minimum absolute atomic E-state index is 0.310. The zero-order chi connectivity index (χ0) is 16.0. The lowest BCUT2D eigenvalue weighted by Gasteiger charge is -2.36. The fourth-order valence-electron chi connectivity index (χ4n) is 3.28. The van der Waals surface area contributed by atoms with Crippen LogP contribution in [0.1, 0.15) is 25.7 Å². The summed E-state index contributed by atoms with van der Waals surface area (Å²) in [6.45, 7) is 1.90. The van der Waals surface area contributed by atoms with Crippen molar-refractivity contribution in [2.75, 3.05) is 25.0 Å². The highest BCUT2D eigenvalue weighted by Gasteiger charge is 2.35. The number of amides is 1. The molecule has 4 nitrogen and oxygen atoms in total. The van der Waals surface area contributed by atoms with Gasteiger partial charge in [0.05, 0.1) is 9.72 Å². The lowest BCUT2D eigenvalue weighted by atomic mass is 10.0. The van der Waals surface area contributed by atoms with E-state index in [2.05, 4.69) is 11.0 Å². The minimum atomic E-state index is 0.310. The Bertz CT molecular complexity index is 735. The number of benzene rings is 1. The smallest absolute Gasteiger partial charge is 0.225 e. The highest BCUT2D eigenvalue weighted by molar-refractivity contribution is 7.22. The van der Waals surface area contributed by atoms with E-state index in [4.69, 9.17) is 16.6 Å². The number of carbonyl (C=O) groups is 1. The van der Waals surface area contributed by atoms with E-state index in [1.165, 1.54) is 0 Å². The third kappa shape index (κ3) is 2.92. The number of nitrogens with zero attached hydrogens (tertiary/aromatic N) is 3. The predicted molar refractivity (Wildman–Crippen MR) is 95.4 cm³/mol. The third-order valence-electron chi connectivity index (χ3n) is 4.92. The van der Waals surface area contributed by atoms with Gasteiger partial charge in [-0.3, -0.25) is 4.79 Å². The third-order valence-corrected chi connectivity index (χ3v) is 6.30. The second kappa shape index (κ2) is 5.95. The zero-order valence-electron chi connectivity index (χ0n) is 13.2. The highest BCUT2D eigenvalue weighted by atomic mass is 35.5. The molecule has 122 valence electrons.